The maximum absolute atomic E-state index is 13.6. The summed E-state index contributed by atoms with van der Waals surface area (Å²) in [6.07, 6.45) is 1.68. The van der Waals surface area contributed by atoms with Gasteiger partial charge in [0.1, 0.15) is 11.8 Å². The zero-order chi connectivity index (χ0) is 24.4. The highest BCUT2D eigenvalue weighted by Crippen LogP contribution is 2.35. The number of methoxy groups -OCH3 is 1. The van der Waals surface area contributed by atoms with Crippen molar-refractivity contribution in [2.75, 3.05) is 13.7 Å². The third kappa shape index (κ3) is 4.17. The SMILES string of the molecule is CCOC(=O)C1=C(C)N=c2s/c(=C\c3ccc(C(=O)O)cc3)c(=O)n2C1c1ccccc1OC. The van der Waals surface area contributed by atoms with Crippen molar-refractivity contribution in [3.63, 3.8) is 0 Å². The van der Waals surface area contributed by atoms with Crippen LogP contribution in [0.1, 0.15) is 41.4 Å². The molecule has 3 aromatic rings. The van der Waals surface area contributed by atoms with E-state index in [-0.39, 0.29) is 23.3 Å². The van der Waals surface area contributed by atoms with Crippen LogP contribution in [0.2, 0.25) is 0 Å². The van der Waals surface area contributed by atoms with Crippen LogP contribution in [-0.2, 0) is 9.53 Å². The van der Waals surface area contributed by atoms with Crippen molar-refractivity contribution in [3.8, 4) is 5.75 Å². The van der Waals surface area contributed by atoms with Gasteiger partial charge < -0.3 is 14.6 Å². The van der Waals surface area contributed by atoms with E-state index in [4.69, 9.17) is 14.6 Å². The van der Waals surface area contributed by atoms with E-state index in [1.807, 2.05) is 18.2 Å². The Bertz CT molecular complexity index is 1480. The molecule has 1 N–H and O–H groups in total. The lowest BCUT2D eigenvalue weighted by atomic mass is 9.95. The molecule has 1 unspecified atom stereocenters. The number of rotatable bonds is 6. The first-order valence-electron chi connectivity index (χ1n) is 10.5. The molecule has 2 heterocycles. The number of aromatic nitrogens is 1. The summed E-state index contributed by atoms with van der Waals surface area (Å²) in [6, 6.07) is 12.7. The third-order valence-electron chi connectivity index (χ3n) is 5.41. The van der Waals surface area contributed by atoms with Gasteiger partial charge in [-0.15, -0.1) is 0 Å². The smallest absolute Gasteiger partial charge is 0.338 e. The molecule has 0 bridgehead atoms. The number of carbonyl (C=O) groups excluding carboxylic acids is 1. The molecule has 0 amide bonds. The Morgan fingerprint density at radius 2 is 1.88 bits per heavy atom. The summed E-state index contributed by atoms with van der Waals surface area (Å²) in [5, 5.41) is 9.11. The molecule has 1 aromatic heterocycles. The van der Waals surface area contributed by atoms with Gasteiger partial charge in [0.2, 0.25) is 0 Å². The van der Waals surface area contributed by atoms with E-state index < -0.39 is 18.0 Å². The normalized spacial score (nSPS) is 15.5. The molecular weight excluding hydrogens is 456 g/mol. The molecule has 4 rings (SSSR count). The standard InChI is InChI=1S/C25H22N2O6S/c1-4-33-24(31)20-14(2)26-25-27(21(20)17-7-5-6-8-18(17)32-3)22(28)19(34-25)13-15-9-11-16(12-10-15)23(29)30/h5-13,21H,4H2,1-3H3,(H,29,30)/b19-13-. The molecule has 0 spiro atoms. The maximum atomic E-state index is 13.6. The van der Waals surface area contributed by atoms with E-state index >= 15 is 0 Å². The number of benzene rings is 2. The zero-order valence-corrected chi connectivity index (χ0v) is 19.6. The quantitative estimate of drug-likeness (QED) is 0.546. The van der Waals surface area contributed by atoms with Gasteiger partial charge in [-0.05, 0) is 43.7 Å². The molecule has 0 fully saturated rings. The Morgan fingerprint density at radius 1 is 1.18 bits per heavy atom. The monoisotopic (exact) mass is 478 g/mol. The number of hydrogen-bond acceptors (Lipinski definition) is 7. The minimum Gasteiger partial charge on any atom is -0.496 e. The van der Waals surface area contributed by atoms with Crippen LogP contribution in [0.25, 0.3) is 6.08 Å². The number of nitrogens with zero attached hydrogens (tertiary/aromatic N) is 2. The van der Waals surface area contributed by atoms with E-state index in [1.165, 1.54) is 35.1 Å². The summed E-state index contributed by atoms with van der Waals surface area (Å²) >= 11 is 1.19. The van der Waals surface area contributed by atoms with Gasteiger partial charge in [0.15, 0.2) is 4.80 Å². The second kappa shape index (κ2) is 9.48. The Kier molecular flexibility index (Phi) is 6.47. The topological polar surface area (TPSA) is 107 Å². The number of aromatic carboxylic acids is 1. The highest BCUT2D eigenvalue weighted by atomic mass is 32.1. The highest BCUT2D eigenvalue weighted by molar-refractivity contribution is 7.07. The van der Waals surface area contributed by atoms with Gasteiger partial charge in [0, 0.05) is 5.56 Å². The van der Waals surface area contributed by atoms with Gasteiger partial charge in [-0.1, -0.05) is 41.7 Å². The van der Waals surface area contributed by atoms with Crippen molar-refractivity contribution in [3.05, 3.63) is 96.2 Å². The molecule has 0 saturated carbocycles. The molecule has 34 heavy (non-hydrogen) atoms. The largest absolute Gasteiger partial charge is 0.496 e. The number of thiazole rings is 1. The average molecular weight is 479 g/mol. The average Bonchev–Trinajstić information content (AvgIpc) is 3.13. The van der Waals surface area contributed by atoms with E-state index in [0.717, 1.165) is 0 Å². The number of carboxylic acid groups (broad SMARTS) is 1. The number of para-hydroxylation sites is 1. The van der Waals surface area contributed by atoms with Crippen LogP contribution in [0.3, 0.4) is 0 Å². The van der Waals surface area contributed by atoms with Gasteiger partial charge in [0.25, 0.3) is 5.56 Å². The fraction of sp³-hybridized carbons (Fsp3) is 0.200. The van der Waals surface area contributed by atoms with Crippen LogP contribution in [0.15, 0.2) is 69.6 Å². The molecular formula is C25H22N2O6S. The van der Waals surface area contributed by atoms with E-state index in [1.54, 1.807) is 38.1 Å². The van der Waals surface area contributed by atoms with Gasteiger partial charge in [-0.3, -0.25) is 9.36 Å². The fourth-order valence-corrected chi connectivity index (χ4v) is 4.90. The summed E-state index contributed by atoms with van der Waals surface area (Å²) in [4.78, 5) is 42.6. The molecule has 9 heteroatoms. The first kappa shape index (κ1) is 23.2. The van der Waals surface area contributed by atoms with Crippen molar-refractivity contribution in [1.82, 2.24) is 4.57 Å². The number of carboxylic acids is 1. The fourth-order valence-electron chi connectivity index (χ4n) is 3.85. The lowest BCUT2D eigenvalue weighted by Crippen LogP contribution is -2.40. The summed E-state index contributed by atoms with van der Waals surface area (Å²) < 4.78 is 12.7. The number of allylic oxidation sites excluding steroid dienone is 1. The predicted molar refractivity (Wildman–Crippen MR) is 127 cm³/mol. The number of hydrogen-bond donors (Lipinski definition) is 1. The summed E-state index contributed by atoms with van der Waals surface area (Å²) in [6.45, 7) is 3.62. The number of esters is 1. The molecule has 1 aliphatic heterocycles. The van der Waals surface area contributed by atoms with Crippen LogP contribution in [0, 0.1) is 0 Å². The molecule has 2 aromatic carbocycles. The van der Waals surface area contributed by atoms with Crippen molar-refractivity contribution in [1.29, 1.82) is 0 Å². The molecule has 0 saturated heterocycles. The number of carbonyl (C=O) groups is 2. The van der Waals surface area contributed by atoms with Crippen LogP contribution >= 0.6 is 11.3 Å². The Morgan fingerprint density at radius 3 is 2.53 bits per heavy atom. The van der Waals surface area contributed by atoms with Crippen LogP contribution in [0.5, 0.6) is 5.75 Å². The Hall–Kier alpha value is -3.98. The van der Waals surface area contributed by atoms with Crippen LogP contribution in [0.4, 0.5) is 0 Å². The number of fused-ring (bicyclic) bond motifs is 1. The summed E-state index contributed by atoms with van der Waals surface area (Å²) in [5.41, 5.74) is 1.89. The molecule has 1 aliphatic rings. The van der Waals surface area contributed by atoms with Crippen molar-refractivity contribution in [2.24, 2.45) is 4.99 Å². The van der Waals surface area contributed by atoms with Crippen molar-refractivity contribution < 1.29 is 24.2 Å². The maximum Gasteiger partial charge on any atom is 0.338 e. The first-order valence-corrected chi connectivity index (χ1v) is 11.3. The highest BCUT2D eigenvalue weighted by Gasteiger charge is 2.34. The van der Waals surface area contributed by atoms with Crippen molar-refractivity contribution >= 4 is 29.4 Å². The molecule has 1 atom stereocenters. The summed E-state index contributed by atoms with van der Waals surface area (Å²) in [7, 11) is 1.53. The van der Waals surface area contributed by atoms with Crippen LogP contribution < -0.4 is 19.6 Å². The van der Waals surface area contributed by atoms with Gasteiger partial charge in [-0.25, -0.2) is 14.6 Å². The second-order valence-corrected chi connectivity index (χ2v) is 8.48. The molecule has 8 nitrogen and oxygen atoms in total. The second-order valence-electron chi connectivity index (χ2n) is 7.47. The van der Waals surface area contributed by atoms with Crippen molar-refractivity contribution in [2.45, 2.75) is 19.9 Å². The van der Waals surface area contributed by atoms with E-state index in [2.05, 4.69) is 4.99 Å². The predicted octanol–water partition coefficient (Wildman–Crippen LogP) is 2.51. The van der Waals surface area contributed by atoms with Crippen LogP contribution in [-0.4, -0.2) is 35.3 Å². The number of ether oxygens (including phenoxy) is 2. The van der Waals surface area contributed by atoms with Gasteiger partial charge in [0.05, 0.1) is 35.1 Å². The minimum atomic E-state index is -1.02. The zero-order valence-electron chi connectivity index (χ0n) is 18.8. The molecule has 0 aliphatic carbocycles. The lowest BCUT2D eigenvalue weighted by Gasteiger charge is -2.25. The van der Waals surface area contributed by atoms with E-state index in [0.29, 0.717) is 31.9 Å². The molecule has 174 valence electrons. The Labute approximate surface area is 198 Å². The minimum absolute atomic E-state index is 0.157. The van der Waals surface area contributed by atoms with Gasteiger partial charge in [-0.2, -0.15) is 0 Å². The van der Waals surface area contributed by atoms with Gasteiger partial charge >= 0.3 is 11.9 Å². The lowest BCUT2D eigenvalue weighted by molar-refractivity contribution is -0.139. The van der Waals surface area contributed by atoms with E-state index in [9.17, 15) is 14.4 Å². The first-order chi connectivity index (χ1) is 16.3. The summed E-state index contributed by atoms with van der Waals surface area (Å²) in [5.74, 6) is -1.04. The Balaban J connectivity index is 1.94. The third-order valence-corrected chi connectivity index (χ3v) is 6.39. The molecule has 0 radical (unpaired) electrons.